The molecule has 0 aliphatic carbocycles. The van der Waals surface area contributed by atoms with Crippen LogP contribution in [-0.4, -0.2) is 42.9 Å². The van der Waals surface area contributed by atoms with Crippen molar-refractivity contribution in [2.45, 2.75) is 39.2 Å². The molecule has 0 radical (unpaired) electrons. The highest BCUT2D eigenvalue weighted by Crippen LogP contribution is 2.27. The van der Waals surface area contributed by atoms with Crippen LogP contribution in [0.15, 0.2) is 54.6 Å². The van der Waals surface area contributed by atoms with Gasteiger partial charge in [-0.3, -0.25) is 14.4 Å². The van der Waals surface area contributed by atoms with E-state index in [-0.39, 0.29) is 24.7 Å². The number of anilines is 1. The molecule has 7 nitrogen and oxygen atoms in total. The highest BCUT2D eigenvalue weighted by molar-refractivity contribution is 6.02. The number of amides is 1. The second-order valence-corrected chi connectivity index (χ2v) is 7.75. The Labute approximate surface area is 187 Å². The first-order valence-electron chi connectivity index (χ1n) is 10.8. The number of nitrogens with zero attached hydrogens (tertiary/aromatic N) is 1. The van der Waals surface area contributed by atoms with E-state index in [1.165, 1.54) is 11.8 Å². The van der Waals surface area contributed by atoms with Crippen molar-refractivity contribution in [2.24, 2.45) is 5.92 Å². The Bertz CT molecular complexity index is 970. The van der Waals surface area contributed by atoms with Gasteiger partial charge in [0.2, 0.25) is 11.7 Å². The SMILES string of the molecule is CCCCOC(=O)c1ccc(N2C[C@@H](C(=O)O[C@H](C)C(=O)c3ccccc3)CC2=O)cc1. The number of hydrogen-bond acceptors (Lipinski definition) is 6. The maximum atomic E-state index is 12.6. The normalized spacial score (nSPS) is 16.5. The van der Waals surface area contributed by atoms with E-state index in [0.29, 0.717) is 23.4 Å². The molecule has 1 saturated heterocycles. The van der Waals surface area contributed by atoms with E-state index in [9.17, 15) is 19.2 Å². The summed E-state index contributed by atoms with van der Waals surface area (Å²) < 4.78 is 10.5. The van der Waals surface area contributed by atoms with E-state index in [2.05, 4.69) is 0 Å². The molecule has 1 aliphatic rings. The summed E-state index contributed by atoms with van der Waals surface area (Å²) in [6.07, 6.45) is 0.809. The van der Waals surface area contributed by atoms with Crippen LogP contribution < -0.4 is 4.90 Å². The van der Waals surface area contributed by atoms with Gasteiger partial charge in [-0.05, 0) is 37.6 Å². The molecule has 1 fully saturated rings. The Morgan fingerprint density at radius 3 is 2.38 bits per heavy atom. The smallest absolute Gasteiger partial charge is 0.338 e. The zero-order valence-electron chi connectivity index (χ0n) is 18.3. The summed E-state index contributed by atoms with van der Waals surface area (Å²) in [5.74, 6) is -2.15. The van der Waals surface area contributed by atoms with Gasteiger partial charge in [-0.25, -0.2) is 4.79 Å². The zero-order chi connectivity index (χ0) is 23.1. The first kappa shape index (κ1) is 23.2. The lowest BCUT2D eigenvalue weighted by Crippen LogP contribution is -2.30. The van der Waals surface area contributed by atoms with Crippen LogP contribution in [0.2, 0.25) is 0 Å². The molecule has 0 unspecified atom stereocenters. The molecule has 2 atom stereocenters. The lowest BCUT2D eigenvalue weighted by atomic mass is 10.1. The van der Waals surface area contributed by atoms with Crippen LogP contribution in [-0.2, 0) is 19.1 Å². The Morgan fingerprint density at radius 2 is 1.72 bits per heavy atom. The molecule has 0 bridgehead atoms. The largest absolute Gasteiger partial charge is 0.462 e. The average molecular weight is 437 g/mol. The summed E-state index contributed by atoms with van der Waals surface area (Å²) in [5, 5.41) is 0. The van der Waals surface area contributed by atoms with Crippen LogP contribution in [0.25, 0.3) is 0 Å². The summed E-state index contributed by atoms with van der Waals surface area (Å²) in [4.78, 5) is 51.0. The Balaban J connectivity index is 1.58. The topological polar surface area (TPSA) is 90.0 Å². The minimum Gasteiger partial charge on any atom is -0.462 e. The minimum atomic E-state index is -0.938. The van der Waals surface area contributed by atoms with Crippen LogP contribution in [0, 0.1) is 5.92 Å². The second-order valence-electron chi connectivity index (χ2n) is 7.75. The fourth-order valence-electron chi connectivity index (χ4n) is 3.45. The van der Waals surface area contributed by atoms with Gasteiger partial charge in [-0.1, -0.05) is 43.7 Å². The molecule has 32 heavy (non-hydrogen) atoms. The van der Waals surface area contributed by atoms with Crippen molar-refractivity contribution in [2.75, 3.05) is 18.1 Å². The highest BCUT2D eigenvalue weighted by atomic mass is 16.5. The van der Waals surface area contributed by atoms with Gasteiger partial charge < -0.3 is 14.4 Å². The molecule has 168 valence electrons. The number of unbranched alkanes of at least 4 members (excludes halogenated alkanes) is 1. The number of rotatable bonds is 9. The number of carbonyl (C=O) groups is 4. The van der Waals surface area contributed by atoms with Crippen molar-refractivity contribution in [1.29, 1.82) is 0 Å². The zero-order valence-corrected chi connectivity index (χ0v) is 18.3. The summed E-state index contributed by atoms with van der Waals surface area (Å²) in [6.45, 7) is 4.07. The number of ether oxygens (including phenoxy) is 2. The molecule has 1 amide bonds. The van der Waals surface area contributed by atoms with Gasteiger partial charge in [0, 0.05) is 24.2 Å². The first-order chi connectivity index (χ1) is 15.4. The quantitative estimate of drug-likeness (QED) is 0.337. The first-order valence-corrected chi connectivity index (χ1v) is 10.8. The monoisotopic (exact) mass is 437 g/mol. The molecule has 3 rings (SSSR count). The maximum absolute atomic E-state index is 12.6. The van der Waals surface area contributed by atoms with Crippen LogP contribution in [0.3, 0.4) is 0 Å². The maximum Gasteiger partial charge on any atom is 0.338 e. The van der Waals surface area contributed by atoms with Gasteiger partial charge in [-0.2, -0.15) is 0 Å². The highest BCUT2D eigenvalue weighted by Gasteiger charge is 2.37. The van der Waals surface area contributed by atoms with Crippen molar-refractivity contribution in [1.82, 2.24) is 0 Å². The van der Waals surface area contributed by atoms with Gasteiger partial charge in [0.15, 0.2) is 6.10 Å². The predicted octanol–water partition coefficient (Wildman–Crippen LogP) is 3.81. The molecule has 1 heterocycles. The van der Waals surface area contributed by atoms with E-state index >= 15 is 0 Å². The third-order valence-corrected chi connectivity index (χ3v) is 5.32. The lowest BCUT2D eigenvalue weighted by molar-refractivity contribution is -0.151. The summed E-state index contributed by atoms with van der Waals surface area (Å²) >= 11 is 0. The third kappa shape index (κ3) is 5.60. The van der Waals surface area contributed by atoms with Gasteiger partial charge in [0.25, 0.3) is 0 Å². The average Bonchev–Trinajstić information content (AvgIpc) is 3.21. The molecule has 0 saturated carbocycles. The Hall–Kier alpha value is -3.48. The van der Waals surface area contributed by atoms with Crippen LogP contribution in [0.1, 0.15) is 53.8 Å². The number of benzene rings is 2. The summed E-state index contributed by atoms with van der Waals surface area (Å²) in [5.41, 5.74) is 1.45. The van der Waals surface area contributed by atoms with Crippen LogP contribution in [0.4, 0.5) is 5.69 Å². The number of esters is 2. The lowest BCUT2D eigenvalue weighted by Gasteiger charge is -2.18. The van der Waals surface area contributed by atoms with E-state index < -0.39 is 24.0 Å². The molecule has 2 aromatic carbocycles. The van der Waals surface area contributed by atoms with Crippen molar-refractivity contribution in [3.8, 4) is 0 Å². The number of Topliss-reactive ketones (excluding diaryl/α,β-unsaturated/α-hetero) is 1. The Kier molecular flexibility index (Phi) is 7.76. The number of hydrogen-bond donors (Lipinski definition) is 0. The summed E-state index contributed by atoms with van der Waals surface area (Å²) in [7, 11) is 0. The molecule has 2 aromatic rings. The fraction of sp³-hybridized carbons (Fsp3) is 0.360. The predicted molar refractivity (Wildman–Crippen MR) is 118 cm³/mol. The van der Waals surface area contributed by atoms with Crippen LogP contribution in [0.5, 0.6) is 0 Å². The molecule has 0 aromatic heterocycles. The molecule has 1 aliphatic heterocycles. The van der Waals surface area contributed by atoms with E-state index in [1.807, 2.05) is 6.92 Å². The fourth-order valence-corrected chi connectivity index (χ4v) is 3.45. The van der Waals surface area contributed by atoms with Crippen molar-refractivity contribution < 1.29 is 28.7 Å². The van der Waals surface area contributed by atoms with E-state index in [4.69, 9.17) is 9.47 Å². The number of carbonyl (C=O) groups excluding carboxylic acids is 4. The van der Waals surface area contributed by atoms with Gasteiger partial charge in [-0.15, -0.1) is 0 Å². The molecule has 0 spiro atoms. The van der Waals surface area contributed by atoms with Gasteiger partial charge in [0.05, 0.1) is 18.1 Å². The molecule has 0 N–H and O–H groups in total. The third-order valence-electron chi connectivity index (χ3n) is 5.32. The van der Waals surface area contributed by atoms with Crippen molar-refractivity contribution in [3.63, 3.8) is 0 Å². The molecule has 7 heteroatoms. The standard InChI is InChI=1S/C25H27NO6/c1-3-4-14-31-24(29)19-10-12-21(13-11-19)26-16-20(15-22(26)27)25(30)32-17(2)23(28)18-8-6-5-7-9-18/h5-13,17,20H,3-4,14-16H2,1-2H3/t17-,20+/m1/s1. The van der Waals surface area contributed by atoms with Gasteiger partial charge in [0.1, 0.15) is 0 Å². The van der Waals surface area contributed by atoms with E-state index in [0.717, 1.165) is 12.8 Å². The second kappa shape index (κ2) is 10.7. The van der Waals surface area contributed by atoms with Gasteiger partial charge >= 0.3 is 11.9 Å². The van der Waals surface area contributed by atoms with Crippen LogP contribution >= 0.6 is 0 Å². The summed E-state index contributed by atoms with van der Waals surface area (Å²) in [6, 6.07) is 15.1. The Morgan fingerprint density at radius 1 is 1.03 bits per heavy atom. The molecular formula is C25H27NO6. The van der Waals surface area contributed by atoms with Crippen molar-refractivity contribution in [3.05, 3.63) is 65.7 Å². The number of ketones is 1. The minimum absolute atomic E-state index is 0.00584. The van der Waals surface area contributed by atoms with E-state index in [1.54, 1.807) is 54.6 Å². The van der Waals surface area contributed by atoms with Crippen molar-refractivity contribution >= 4 is 29.3 Å². The molecular weight excluding hydrogens is 410 g/mol.